The van der Waals surface area contributed by atoms with Gasteiger partial charge >= 0.3 is 18.0 Å². The summed E-state index contributed by atoms with van der Waals surface area (Å²) in [5, 5.41) is 17.6. The smallest absolute Gasteiger partial charge is 0.414 e. The second-order valence-electron chi connectivity index (χ2n) is 8.45. The number of hydrogen-bond donors (Lipinski definition) is 3. The fourth-order valence-electron chi connectivity index (χ4n) is 3.55. The Labute approximate surface area is 219 Å². The summed E-state index contributed by atoms with van der Waals surface area (Å²) in [7, 11) is 0. The van der Waals surface area contributed by atoms with Crippen LogP contribution in [-0.2, 0) is 23.8 Å². The van der Waals surface area contributed by atoms with Crippen molar-refractivity contribution in [2.75, 3.05) is 58.0 Å². The monoisotopic (exact) mass is 526 g/mol. The highest BCUT2D eigenvalue weighted by molar-refractivity contribution is 6.27. The van der Waals surface area contributed by atoms with Crippen LogP contribution in [0.1, 0.15) is 52.4 Å². The van der Waals surface area contributed by atoms with Crippen LogP contribution in [0.2, 0.25) is 0 Å². The van der Waals surface area contributed by atoms with Crippen LogP contribution in [0.5, 0.6) is 5.75 Å². The zero-order valence-corrected chi connectivity index (χ0v) is 22.0. The number of amides is 1. The van der Waals surface area contributed by atoms with E-state index in [0.29, 0.717) is 51.0 Å². The number of para-hydroxylation sites is 2. The topological polar surface area (TPSA) is 144 Å². The van der Waals surface area contributed by atoms with Crippen LogP contribution < -0.4 is 10.1 Å². The minimum absolute atomic E-state index is 0.336. The molecule has 1 unspecified atom stereocenters. The van der Waals surface area contributed by atoms with Crippen molar-refractivity contribution in [3.63, 3.8) is 0 Å². The van der Waals surface area contributed by atoms with Gasteiger partial charge in [-0.1, -0.05) is 38.3 Å². The van der Waals surface area contributed by atoms with Crippen LogP contribution in [0.3, 0.4) is 0 Å². The van der Waals surface area contributed by atoms with Crippen molar-refractivity contribution in [2.45, 2.75) is 58.5 Å². The largest absolute Gasteiger partial charge is 0.491 e. The number of carboxylic acids is 2. The molecule has 1 fully saturated rings. The van der Waals surface area contributed by atoms with Crippen molar-refractivity contribution >= 4 is 23.7 Å². The van der Waals surface area contributed by atoms with Crippen molar-refractivity contribution in [1.82, 2.24) is 4.90 Å². The number of piperidine rings is 1. The third-order valence-electron chi connectivity index (χ3n) is 5.38. The minimum Gasteiger partial charge on any atom is -0.491 e. The summed E-state index contributed by atoms with van der Waals surface area (Å²) >= 11 is 0. The van der Waals surface area contributed by atoms with Crippen molar-refractivity contribution in [3.8, 4) is 5.75 Å². The first-order chi connectivity index (χ1) is 17.9. The molecular formula is C26H42N2O9. The molecule has 0 aliphatic carbocycles. The molecule has 1 heterocycles. The summed E-state index contributed by atoms with van der Waals surface area (Å²) in [6.45, 7) is 9.55. The van der Waals surface area contributed by atoms with Gasteiger partial charge in [0.1, 0.15) is 11.9 Å². The highest BCUT2D eigenvalue weighted by Gasteiger charge is 2.21. The predicted molar refractivity (Wildman–Crippen MR) is 138 cm³/mol. The summed E-state index contributed by atoms with van der Waals surface area (Å²) in [4.78, 5) is 33.2. The van der Waals surface area contributed by atoms with E-state index in [1.807, 2.05) is 31.2 Å². The number of nitrogens with one attached hydrogen (secondary N) is 1. The molecule has 1 aliphatic rings. The van der Waals surface area contributed by atoms with E-state index in [2.05, 4.69) is 17.1 Å². The summed E-state index contributed by atoms with van der Waals surface area (Å²) in [5.41, 5.74) is 0.623. The Morgan fingerprint density at radius 2 is 1.62 bits per heavy atom. The zero-order valence-electron chi connectivity index (χ0n) is 22.0. The van der Waals surface area contributed by atoms with Crippen LogP contribution in [0, 0.1) is 0 Å². The highest BCUT2D eigenvalue weighted by Crippen LogP contribution is 2.24. The highest BCUT2D eigenvalue weighted by atomic mass is 16.6. The van der Waals surface area contributed by atoms with E-state index in [9.17, 15) is 4.79 Å². The molecule has 0 radical (unpaired) electrons. The van der Waals surface area contributed by atoms with Crippen LogP contribution >= 0.6 is 0 Å². The zero-order chi connectivity index (χ0) is 27.3. The normalized spacial score (nSPS) is 14.1. The van der Waals surface area contributed by atoms with Gasteiger partial charge in [0.05, 0.1) is 32.1 Å². The lowest BCUT2D eigenvalue weighted by molar-refractivity contribution is -0.159. The maximum Gasteiger partial charge on any atom is 0.414 e. The number of carbonyl (C=O) groups excluding carboxylic acids is 1. The number of ether oxygens (including phenoxy) is 4. The first-order valence-electron chi connectivity index (χ1n) is 12.9. The Morgan fingerprint density at radius 3 is 2.27 bits per heavy atom. The molecule has 1 aromatic rings. The lowest BCUT2D eigenvalue weighted by Gasteiger charge is -2.30. The van der Waals surface area contributed by atoms with Crippen molar-refractivity contribution < 1.29 is 43.5 Å². The third kappa shape index (κ3) is 15.7. The number of hydrogen-bond acceptors (Lipinski definition) is 8. The first-order valence-corrected chi connectivity index (χ1v) is 12.9. The molecule has 0 bridgehead atoms. The predicted octanol–water partition coefficient (Wildman–Crippen LogP) is 3.87. The Hall–Kier alpha value is -2.89. The standard InChI is InChI=1S/C24H40N2O5.C2H2O4/c1-3-5-11-16-30-23-13-8-7-12-22(23)25-24(27)31-21(20-29-18-17-28-4-2)19-26-14-9-6-10-15-26;3-1(4)2(5)6/h7-8,12-13,21H,3-6,9-11,14-20H2,1-2H3,(H,25,27);(H,3,4)(H,5,6). The Morgan fingerprint density at radius 1 is 0.946 bits per heavy atom. The summed E-state index contributed by atoms with van der Waals surface area (Å²) < 4.78 is 22.6. The van der Waals surface area contributed by atoms with Gasteiger partial charge in [-0.25, -0.2) is 14.4 Å². The molecule has 210 valence electrons. The molecule has 1 atom stereocenters. The van der Waals surface area contributed by atoms with Gasteiger partial charge in [-0.05, 0) is 51.4 Å². The Kier molecular flexibility index (Phi) is 17.5. The number of likely N-dealkylation sites (tertiary alicyclic amines) is 1. The quantitative estimate of drug-likeness (QED) is 0.228. The molecular weight excluding hydrogens is 484 g/mol. The molecule has 1 aliphatic heterocycles. The number of carbonyl (C=O) groups is 3. The maximum atomic E-state index is 12.6. The van der Waals surface area contributed by atoms with E-state index in [4.69, 9.17) is 38.7 Å². The number of anilines is 1. The van der Waals surface area contributed by atoms with E-state index < -0.39 is 18.0 Å². The third-order valence-corrected chi connectivity index (χ3v) is 5.38. The molecule has 1 saturated heterocycles. The SMILES string of the molecule is CCCCCOc1ccccc1NC(=O)OC(COCCOCC)CN1CCCCC1.O=C(O)C(=O)O. The van der Waals surface area contributed by atoms with Gasteiger partial charge in [0.2, 0.25) is 0 Å². The number of benzene rings is 1. The molecule has 1 aromatic carbocycles. The van der Waals surface area contributed by atoms with Gasteiger partial charge in [0.25, 0.3) is 0 Å². The Bertz CT molecular complexity index is 773. The maximum absolute atomic E-state index is 12.6. The molecule has 3 N–H and O–H groups in total. The van der Waals surface area contributed by atoms with Gasteiger partial charge in [0.15, 0.2) is 0 Å². The molecule has 0 aromatic heterocycles. The molecule has 11 nitrogen and oxygen atoms in total. The second kappa shape index (κ2) is 20.2. The number of nitrogens with zero attached hydrogens (tertiary/aromatic N) is 1. The van der Waals surface area contributed by atoms with Gasteiger partial charge in [-0.15, -0.1) is 0 Å². The van der Waals surface area contributed by atoms with Crippen molar-refractivity contribution in [3.05, 3.63) is 24.3 Å². The molecule has 11 heteroatoms. The van der Waals surface area contributed by atoms with Gasteiger partial charge < -0.3 is 29.2 Å². The lowest BCUT2D eigenvalue weighted by Crippen LogP contribution is -2.41. The minimum atomic E-state index is -1.82. The van der Waals surface area contributed by atoms with Crippen molar-refractivity contribution in [2.24, 2.45) is 0 Å². The fraction of sp³-hybridized carbons (Fsp3) is 0.654. The van der Waals surface area contributed by atoms with E-state index in [1.54, 1.807) is 0 Å². The molecule has 0 saturated carbocycles. The van der Waals surface area contributed by atoms with E-state index in [-0.39, 0.29) is 6.10 Å². The average molecular weight is 527 g/mol. The van der Waals surface area contributed by atoms with Gasteiger partial charge in [0, 0.05) is 13.2 Å². The number of unbranched alkanes of at least 4 members (excludes halogenated alkanes) is 2. The molecule has 1 amide bonds. The van der Waals surface area contributed by atoms with E-state index in [0.717, 1.165) is 32.4 Å². The molecule has 37 heavy (non-hydrogen) atoms. The Balaban J connectivity index is 0.00000102. The van der Waals surface area contributed by atoms with Crippen LogP contribution in [0.4, 0.5) is 10.5 Å². The van der Waals surface area contributed by atoms with Gasteiger partial charge in [-0.3, -0.25) is 10.2 Å². The number of carboxylic acid groups (broad SMARTS) is 2. The molecule has 0 spiro atoms. The van der Waals surface area contributed by atoms with Crippen LogP contribution in [0.15, 0.2) is 24.3 Å². The lowest BCUT2D eigenvalue weighted by atomic mass is 10.1. The second-order valence-corrected chi connectivity index (χ2v) is 8.45. The summed E-state index contributed by atoms with van der Waals surface area (Å²) in [6.07, 6.45) is 6.08. The average Bonchev–Trinajstić information content (AvgIpc) is 2.88. The summed E-state index contributed by atoms with van der Waals surface area (Å²) in [6, 6.07) is 7.46. The van der Waals surface area contributed by atoms with Gasteiger partial charge in [-0.2, -0.15) is 0 Å². The van der Waals surface area contributed by atoms with E-state index >= 15 is 0 Å². The molecule has 2 rings (SSSR count). The first kappa shape index (κ1) is 32.1. The van der Waals surface area contributed by atoms with Crippen LogP contribution in [0.25, 0.3) is 0 Å². The van der Waals surface area contributed by atoms with Crippen LogP contribution in [-0.4, -0.2) is 91.9 Å². The summed E-state index contributed by atoms with van der Waals surface area (Å²) in [5.74, 6) is -2.99. The van der Waals surface area contributed by atoms with Crippen molar-refractivity contribution in [1.29, 1.82) is 0 Å². The van der Waals surface area contributed by atoms with E-state index in [1.165, 1.54) is 19.3 Å². The number of aliphatic carboxylic acids is 2. The fourth-order valence-corrected chi connectivity index (χ4v) is 3.55. The number of rotatable bonds is 15.